The third kappa shape index (κ3) is 4.12. The van der Waals surface area contributed by atoms with Crippen molar-refractivity contribution >= 4 is 22.6 Å². The van der Waals surface area contributed by atoms with Gasteiger partial charge in [-0.05, 0) is 25.0 Å². The number of nitrogens with one attached hydrogen (secondary N) is 1. The van der Waals surface area contributed by atoms with Crippen LogP contribution in [0.25, 0.3) is 10.9 Å². The van der Waals surface area contributed by atoms with Crippen molar-refractivity contribution in [2.45, 2.75) is 32.4 Å². The second kappa shape index (κ2) is 8.35. The number of aryl methyl sites for hydroxylation is 1. The maximum Gasteiger partial charge on any atom is 0.261 e. The van der Waals surface area contributed by atoms with Gasteiger partial charge in [0.25, 0.3) is 5.56 Å². The molecule has 0 aliphatic carbocycles. The van der Waals surface area contributed by atoms with Crippen LogP contribution >= 0.6 is 0 Å². The molecular weight excluding hydrogens is 358 g/mol. The van der Waals surface area contributed by atoms with Gasteiger partial charge >= 0.3 is 0 Å². The minimum atomic E-state index is -0.0915. The number of nitrogens with zero attached hydrogens (tertiary/aromatic N) is 4. The van der Waals surface area contributed by atoms with E-state index in [0.717, 1.165) is 26.2 Å². The third-order valence-electron chi connectivity index (χ3n) is 4.97. The van der Waals surface area contributed by atoms with Gasteiger partial charge in [0.1, 0.15) is 5.82 Å². The van der Waals surface area contributed by atoms with Crippen molar-refractivity contribution in [2.75, 3.05) is 18.5 Å². The molecule has 1 unspecified atom stereocenters. The predicted octanol–water partition coefficient (Wildman–Crippen LogP) is 2.05. The number of amides is 1. The molecule has 1 aliphatic rings. The summed E-state index contributed by atoms with van der Waals surface area (Å²) in [7, 11) is 0. The molecule has 3 aromatic rings. The van der Waals surface area contributed by atoms with Gasteiger partial charge < -0.3 is 10.1 Å². The second-order valence-corrected chi connectivity index (χ2v) is 7.04. The molecule has 8 heteroatoms. The van der Waals surface area contributed by atoms with E-state index >= 15 is 0 Å². The highest BCUT2D eigenvalue weighted by molar-refractivity contribution is 5.89. The number of rotatable bonds is 7. The fourth-order valence-corrected chi connectivity index (χ4v) is 3.44. The first kappa shape index (κ1) is 18.4. The maximum atomic E-state index is 12.5. The van der Waals surface area contributed by atoms with Gasteiger partial charge in [0.2, 0.25) is 5.91 Å². The molecular formula is C20H23N5O3. The lowest BCUT2D eigenvalue weighted by molar-refractivity contribution is -0.116. The van der Waals surface area contributed by atoms with E-state index in [-0.39, 0.29) is 11.5 Å². The van der Waals surface area contributed by atoms with Crippen molar-refractivity contribution in [1.82, 2.24) is 19.3 Å². The minimum Gasteiger partial charge on any atom is -0.381 e. The SMILES string of the molecule is O=C(CCCn1cnc2ccccc2c1=O)Nc1ccnn1CC1CCOC1. The second-order valence-electron chi connectivity index (χ2n) is 7.04. The van der Waals surface area contributed by atoms with Gasteiger partial charge in [-0.2, -0.15) is 5.10 Å². The summed E-state index contributed by atoms with van der Waals surface area (Å²) in [5.41, 5.74) is 0.602. The largest absolute Gasteiger partial charge is 0.381 e. The Morgan fingerprint density at radius 3 is 3.04 bits per heavy atom. The van der Waals surface area contributed by atoms with Gasteiger partial charge in [0.05, 0.1) is 30.0 Å². The lowest BCUT2D eigenvalue weighted by Gasteiger charge is -2.12. The molecule has 1 aromatic carbocycles. The van der Waals surface area contributed by atoms with Crippen molar-refractivity contribution in [3.05, 3.63) is 53.2 Å². The van der Waals surface area contributed by atoms with Crippen LogP contribution in [-0.4, -0.2) is 38.5 Å². The summed E-state index contributed by atoms with van der Waals surface area (Å²) in [6.45, 7) is 2.71. The van der Waals surface area contributed by atoms with Gasteiger partial charge in [-0.3, -0.25) is 14.2 Å². The molecule has 1 fully saturated rings. The zero-order chi connectivity index (χ0) is 19.3. The number of aromatic nitrogens is 4. The summed E-state index contributed by atoms with van der Waals surface area (Å²) in [4.78, 5) is 29.1. The number of hydrogen-bond acceptors (Lipinski definition) is 5. The molecule has 28 heavy (non-hydrogen) atoms. The molecule has 1 aliphatic heterocycles. The standard InChI is InChI=1S/C20H23N5O3/c26-19(23-18-7-9-22-25(18)12-15-8-11-28-13-15)6-3-10-24-14-21-17-5-2-1-4-16(17)20(24)27/h1-2,4-5,7,9,14-15H,3,6,8,10-13H2,(H,23,26). The first-order valence-corrected chi connectivity index (χ1v) is 9.54. The third-order valence-corrected chi connectivity index (χ3v) is 4.97. The fraction of sp³-hybridized carbons (Fsp3) is 0.400. The number of hydrogen-bond donors (Lipinski definition) is 1. The van der Waals surface area contributed by atoms with E-state index < -0.39 is 0 Å². The van der Waals surface area contributed by atoms with E-state index in [1.54, 1.807) is 29.2 Å². The molecule has 4 rings (SSSR count). The van der Waals surface area contributed by atoms with Gasteiger partial charge in [-0.1, -0.05) is 12.1 Å². The first-order chi connectivity index (χ1) is 13.7. The average Bonchev–Trinajstić information content (AvgIpc) is 3.37. The van der Waals surface area contributed by atoms with Gasteiger partial charge in [-0.15, -0.1) is 0 Å². The molecule has 1 N–H and O–H groups in total. The fourth-order valence-electron chi connectivity index (χ4n) is 3.44. The summed E-state index contributed by atoms with van der Waals surface area (Å²) in [6, 6.07) is 9.06. The van der Waals surface area contributed by atoms with Crippen LogP contribution in [0.1, 0.15) is 19.3 Å². The van der Waals surface area contributed by atoms with Crippen LogP contribution in [0, 0.1) is 5.92 Å². The van der Waals surface area contributed by atoms with E-state index in [4.69, 9.17) is 4.74 Å². The lowest BCUT2D eigenvalue weighted by atomic mass is 10.1. The van der Waals surface area contributed by atoms with Gasteiger partial charge in [0.15, 0.2) is 0 Å². The van der Waals surface area contributed by atoms with Crippen molar-refractivity contribution in [2.24, 2.45) is 5.92 Å². The number of para-hydroxylation sites is 1. The summed E-state index contributed by atoms with van der Waals surface area (Å²) in [5, 5.41) is 7.80. The normalized spacial score (nSPS) is 16.5. The van der Waals surface area contributed by atoms with E-state index in [2.05, 4.69) is 15.4 Å². The number of fused-ring (bicyclic) bond motifs is 1. The number of anilines is 1. The number of carbonyl (C=O) groups is 1. The Balaban J connectivity index is 1.31. The van der Waals surface area contributed by atoms with Crippen molar-refractivity contribution in [3.63, 3.8) is 0 Å². The van der Waals surface area contributed by atoms with Gasteiger partial charge in [-0.25, -0.2) is 9.67 Å². The van der Waals surface area contributed by atoms with Crippen LogP contribution in [-0.2, 0) is 22.6 Å². The summed E-state index contributed by atoms with van der Waals surface area (Å²) < 4.78 is 8.77. The molecule has 1 atom stereocenters. The zero-order valence-electron chi connectivity index (χ0n) is 15.6. The molecule has 1 saturated heterocycles. The Bertz CT molecular complexity index is 1020. The van der Waals surface area contributed by atoms with Crippen LogP contribution in [0.3, 0.4) is 0 Å². The predicted molar refractivity (Wildman–Crippen MR) is 105 cm³/mol. The van der Waals surface area contributed by atoms with Gasteiger partial charge in [0, 0.05) is 38.1 Å². The molecule has 1 amide bonds. The van der Waals surface area contributed by atoms with Crippen LogP contribution in [0.2, 0.25) is 0 Å². The first-order valence-electron chi connectivity index (χ1n) is 9.54. The van der Waals surface area contributed by atoms with Crippen molar-refractivity contribution in [3.8, 4) is 0 Å². The lowest BCUT2D eigenvalue weighted by Crippen LogP contribution is -2.22. The van der Waals surface area contributed by atoms with Crippen LogP contribution in [0.5, 0.6) is 0 Å². The van der Waals surface area contributed by atoms with E-state index in [1.807, 2.05) is 22.9 Å². The molecule has 2 aromatic heterocycles. The quantitative estimate of drug-likeness (QED) is 0.676. The van der Waals surface area contributed by atoms with Crippen LogP contribution in [0.4, 0.5) is 5.82 Å². The number of ether oxygens (including phenoxy) is 1. The van der Waals surface area contributed by atoms with Crippen molar-refractivity contribution < 1.29 is 9.53 Å². The molecule has 0 spiro atoms. The highest BCUT2D eigenvalue weighted by Gasteiger charge is 2.18. The summed E-state index contributed by atoms with van der Waals surface area (Å²) in [6.07, 6.45) is 5.11. The molecule has 3 heterocycles. The smallest absolute Gasteiger partial charge is 0.261 e. The van der Waals surface area contributed by atoms with Crippen LogP contribution < -0.4 is 10.9 Å². The summed E-state index contributed by atoms with van der Waals surface area (Å²) in [5.74, 6) is 1.04. The Kier molecular flexibility index (Phi) is 5.48. The average molecular weight is 381 g/mol. The number of carbonyl (C=O) groups excluding carboxylic acids is 1. The topological polar surface area (TPSA) is 91.0 Å². The summed E-state index contributed by atoms with van der Waals surface area (Å²) >= 11 is 0. The van der Waals surface area contributed by atoms with E-state index in [0.29, 0.717) is 42.0 Å². The molecule has 0 saturated carbocycles. The maximum absolute atomic E-state index is 12.5. The minimum absolute atomic E-state index is 0.0807. The molecule has 0 bridgehead atoms. The molecule has 0 radical (unpaired) electrons. The Morgan fingerprint density at radius 1 is 1.29 bits per heavy atom. The molecule has 8 nitrogen and oxygen atoms in total. The Morgan fingerprint density at radius 2 is 2.18 bits per heavy atom. The van der Waals surface area contributed by atoms with E-state index in [9.17, 15) is 9.59 Å². The Hall–Kier alpha value is -3.00. The zero-order valence-corrected chi connectivity index (χ0v) is 15.6. The monoisotopic (exact) mass is 381 g/mol. The van der Waals surface area contributed by atoms with E-state index in [1.165, 1.54) is 0 Å². The highest BCUT2D eigenvalue weighted by Crippen LogP contribution is 2.17. The van der Waals surface area contributed by atoms with Crippen molar-refractivity contribution in [1.29, 1.82) is 0 Å². The highest BCUT2D eigenvalue weighted by atomic mass is 16.5. The Labute approximate surface area is 162 Å². The number of benzene rings is 1. The van der Waals surface area contributed by atoms with Crippen LogP contribution in [0.15, 0.2) is 47.7 Å². The molecule has 146 valence electrons.